The molecule has 1 amide bonds. The molecule has 7 nitrogen and oxygen atoms in total. The summed E-state index contributed by atoms with van der Waals surface area (Å²) in [5, 5.41) is 18.0. The van der Waals surface area contributed by atoms with Crippen molar-refractivity contribution < 1.29 is 13.6 Å². The summed E-state index contributed by atoms with van der Waals surface area (Å²) in [5.41, 5.74) is 2.64. The van der Waals surface area contributed by atoms with Gasteiger partial charge in [0.25, 0.3) is 5.91 Å². The fraction of sp³-hybridized carbons (Fsp3) is 0.0385. The third-order valence-electron chi connectivity index (χ3n) is 5.09. The molecule has 7 heteroatoms. The number of aromatic nitrogens is 2. The fourth-order valence-electron chi connectivity index (χ4n) is 3.48. The highest BCUT2D eigenvalue weighted by Crippen LogP contribution is 2.31. The molecule has 0 saturated heterocycles. The Kier molecular flexibility index (Phi) is 5.32. The summed E-state index contributed by atoms with van der Waals surface area (Å²) in [6.07, 6.45) is 4.82. The van der Waals surface area contributed by atoms with Gasteiger partial charge in [0.1, 0.15) is 28.7 Å². The van der Waals surface area contributed by atoms with Crippen molar-refractivity contribution in [3.8, 4) is 23.2 Å². The first-order chi connectivity index (χ1) is 16.2. The molecule has 0 aliphatic heterocycles. The van der Waals surface area contributed by atoms with E-state index in [2.05, 4.69) is 5.32 Å². The Morgan fingerprint density at radius 3 is 2.67 bits per heavy atom. The van der Waals surface area contributed by atoms with Crippen molar-refractivity contribution in [2.75, 3.05) is 0 Å². The van der Waals surface area contributed by atoms with Gasteiger partial charge in [-0.25, -0.2) is 4.68 Å². The minimum atomic E-state index is -0.503. The van der Waals surface area contributed by atoms with Gasteiger partial charge in [-0.1, -0.05) is 36.4 Å². The van der Waals surface area contributed by atoms with Crippen LogP contribution in [0.1, 0.15) is 11.3 Å². The minimum absolute atomic E-state index is 0.0495. The molecule has 5 rings (SSSR count). The molecule has 0 unspecified atom stereocenters. The Hall–Kier alpha value is -4.83. The topological polar surface area (TPSA) is 97.0 Å². The van der Waals surface area contributed by atoms with Crippen molar-refractivity contribution in [2.24, 2.45) is 0 Å². The summed E-state index contributed by atoms with van der Waals surface area (Å²) in [7, 11) is 0. The first kappa shape index (κ1) is 20.1. The van der Waals surface area contributed by atoms with E-state index in [0.717, 1.165) is 16.7 Å². The van der Waals surface area contributed by atoms with Crippen molar-refractivity contribution in [1.29, 1.82) is 5.26 Å². The number of benzene rings is 2. The number of hydrogen-bond acceptors (Lipinski definition) is 5. The molecule has 0 aliphatic rings. The lowest BCUT2D eigenvalue weighted by atomic mass is 10.1. The number of nitrogens with zero attached hydrogens (tertiary/aromatic N) is 3. The fourth-order valence-corrected chi connectivity index (χ4v) is 3.48. The Bertz CT molecular complexity index is 1450. The summed E-state index contributed by atoms with van der Waals surface area (Å²) in [4.78, 5) is 12.6. The van der Waals surface area contributed by atoms with E-state index in [1.54, 1.807) is 23.0 Å². The number of carbonyl (C=O) groups is 1. The monoisotopic (exact) mass is 434 g/mol. The standard InChI is InChI=1S/C26H18N4O3/c27-15-19(26(31)28-16-22-10-6-12-32-22)13-20-17-30(21-8-2-1-3-9-21)29-25(20)24-14-18-7-4-5-11-23(18)33-24/h1-14,17H,16H2,(H,28,31)/b19-13-. The maximum atomic E-state index is 12.6. The van der Waals surface area contributed by atoms with Crippen molar-refractivity contribution in [1.82, 2.24) is 15.1 Å². The average molecular weight is 434 g/mol. The number of fused-ring (bicyclic) bond motifs is 1. The van der Waals surface area contributed by atoms with Gasteiger partial charge in [-0.15, -0.1) is 0 Å². The van der Waals surface area contributed by atoms with Crippen LogP contribution in [-0.4, -0.2) is 15.7 Å². The van der Waals surface area contributed by atoms with Crippen molar-refractivity contribution in [3.63, 3.8) is 0 Å². The summed E-state index contributed by atoms with van der Waals surface area (Å²) in [6.45, 7) is 0.185. The van der Waals surface area contributed by atoms with Crippen molar-refractivity contribution in [2.45, 2.75) is 6.54 Å². The zero-order valence-electron chi connectivity index (χ0n) is 17.4. The van der Waals surface area contributed by atoms with Crippen LogP contribution in [0.4, 0.5) is 0 Å². The smallest absolute Gasteiger partial charge is 0.262 e. The lowest BCUT2D eigenvalue weighted by molar-refractivity contribution is -0.117. The van der Waals surface area contributed by atoms with Crippen LogP contribution < -0.4 is 5.32 Å². The molecule has 2 aromatic carbocycles. The van der Waals surface area contributed by atoms with Crippen LogP contribution in [-0.2, 0) is 11.3 Å². The van der Waals surface area contributed by atoms with Crippen LogP contribution in [0, 0.1) is 11.3 Å². The molecular formula is C26H18N4O3. The van der Waals surface area contributed by atoms with Crippen LogP contribution in [0.15, 0.2) is 99.7 Å². The molecule has 160 valence electrons. The van der Waals surface area contributed by atoms with E-state index in [0.29, 0.717) is 22.8 Å². The van der Waals surface area contributed by atoms with E-state index in [-0.39, 0.29) is 12.1 Å². The lowest BCUT2D eigenvalue weighted by Gasteiger charge is -2.02. The second-order valence-corrected chi connectivity index (χ2v) is 7.29. The van der Waals surface area contributed by atoms with Crippen LogP contribution in [0.2, 0.25) is 0 Å². The van der Waals surface area contributed by atoms with Gasteiger partial charge in [0.2, 0.25) is 0 Å². The Balaban J connectivity index is 1.55. The maximum Gasteiger partial charge on any atom is 0.262 e. The molecule has 0 fully saturated rings. The van der Waals surface area contributed by atoms with Crippen LogP contribution in [0.25, 0.3) is 34.2 Å². The Morgan fingerprint density at radius 2 is 1.91 bits per heavy atom. The number of rotatable bonds is 6. The van der Waals surface area contributed by atoms with Crippen LogP contribution in [0.3, 0.4) is 0 Å². The van der Waals surface area contributed by atoms with Gasteiger partial charge in [0.15, 0.2) is 5.76 Å². The summed E-state index contributed by atoms with van der Waals surface area (Å²) in [6, 6.07) is 24.6. The average Bonchev–Trinajstić information content (AvgIpc) is 3.60. The quantitative estimate of drug-likeness (QED) is 0.296. The van der Waals surface area contributed by atoms with Gasteiger partial charge in [-0.2, -0.15) is 10.4 Å². The molecule has 33 heavy (non-hydrogen) atoms. The van der Waals surface area contributed by atoms with Gasteiger partial charge in [0, 0.05) is 17.1 Å². The lowest BCUT2D eigenvalue weighted by Crippen LogP contribution is -2.23. The molecule has 3 heterocycles. The maximum absolute atomic E-state index is 12.6. The number of para-hydroxylation sites is 2. The molecule has 0 radical (unpaired) electrons. The zero-order valence-corrected chi connectivity index (χ0v) is 17.4. The number of hydrogen-bond donors (Lipinski definition) is 1. The number of furan rings is 2. The third-order valence-corrected chi connectivity index (χ3v) is 5.09. The number of nitriles is 1. The van der Waals surface area contributed by atoms with Gasteiger partial charge in [-0.3, -0.25) is 4.79 Å². The summed E-state index contributed by atoms with van der Waals surface area (Å²) in [5.74, 6) is 0.642. The molecular weight excluding hydrogens is 416 g/mol. The zero-order chi connectivity index (χ0) is 22.6. The molecule has 0 aliphatic carbocycles. The highest BCUT2D eigenvalue weighted by Gasteiger charge is 2.18. The molecule has 1 N–H and O–H groups in total. The van der Waals surface area contributed by atoms with Crippen LogP contribution in [0.5, 0.6) is 0 Å². The highest BCUT2D eigenvalue weighted by molar-refractivity contribution is 6.02. The summed E-state index contributed by atoms with van der Waals surface area (Å²) < 4.78 is 12.9. The van der Waals surface area contributed by atoms with Gasteiger partial charge in [-0.05, 0) is 42.5 Å². The van der Waals surface area contributed by atoms with E-state index < -0.39 is 5.91 Å². The van der Waals surface area contributed by atoms with E-state index in [1.807, 2.05) is 66.7 Å². The number of nitrogens with one attached hydrogen (secondary N) is 1. The number of amides is 1. The minimum Gasteiger partial charge on any atom is -0.467 e. The Morgan fingerprint density at radius 1 is 1.09 bits per heavy atom. The largest absolute Gasteiger partial charge is 0.467 e. The molecule has 0 atom stereocenters. The van der Waals surface area contributed by atoms with E-state index in [9.17, 15) is 10.1 Å². The van der Waals surface area contributed by atoms with E-state index in [1.165, 1.54) is 12.3 Å². The molecule has 0 saturated carbocycles. The second-order valence-electron chi connectivity index (χ2n) is 7.29. The molecule has 3 aromatic heterocycles. The molecule has 0 bridgehead atoms. The van der Waals surface area contributed by atoms with Gasteiger partial charge < -0.3 is 14.2 Å². The Labute approximate surface area is 189 Å². The second kappa shape index (κ2) is 8.73. The van der Waals surface area contributed by atoms with Crippen molar-refractivity contribution >= 4 is 23.0 Å². The van der Waals surface area contributed by atoms with Crippen molar-refractivity contribution in [3.05, 3.63) is 102 Å². The van der Waals surface area contributed by atoms with E-state index >= 15 is 0 Å². The first-order valence-corrected chi connectivity index (χ1v) is 10.3. The van der Waals surface area contributed by atoms with Gasteiger partial charge in [0.05, 0.1) is 18.5 Å². The first-order valence-electron chi connectivity index (χ1n) is 10.3. The van der Waals surface area contributed by atoms with Crippen LogP contribution >= 0.6 is 0 Å². The number of carbonyl (C=O) groups excluding carboxylic acids is 1. The molecule has 0 spiro atoms. The highest BCUT2D eigenvalue weighted by atomic mass is 16.3. The van der Waals surface area contributed by atoms with Gasteiger partial charge >= 0.3 is 0 Å². The van der Waals surface area contributed by atoms with E-state index in [4.69, 9.17) is 13.9 Å². The normalized spacial score (nSPS) is 11.4. The SMILES string of the molecule is N#C/C(=C/c1cn(-c2ccccc2)nc1-c1cc2ccccc2o1)C(=O)NCc1ccco1. The summed E-state index contributed by atoms with van der Waals surface area (Å²) >= 11 is 0. The predicted molar refractivity (Wildman–Crippen MR) is 123 cm³/mol. The third kappa shape index (κ3) is 4.18. The molecule has 5 aromatic rings. The predicted octanol–water partition coefficient (Wildman–Crippen LogP) is 5.10.